The van der Waals surface area contributed by atoms with Crippen molar-refractivity contribution in [1.29, 1.82) is 0 Å². The molecule has 0 aromatic heterocycles. The molecule has 1 aliphatic rings. The third-order valence-electron chi connectivity index (χ3n) is 4.54. The highest BCUT2D eigenvalue weighted by molar-refractivity contribution is 6.77. The topological polar surface area (TPSA) is 27.7 Å². The molecular formula is C18H36O3Si3. The zero-order chi connectivity index (χ0) is 18.6. The van der Waals surface area contributed by atoms with E-state index in [9.17, 15) is 0 Å². The summed E-state index contributed by atoms with van der Waals surface area (Å²) < 4.78 is 19.3. The largest absolute Gasteiger partial charge is 0.411 e. The minimum absolute atomic E-state index is 0.0738. The van der Waals surface area contributed by atoms with Crippen LogP contribution in [-0.2, 0) is 13.3 Å². The van der Waals surface area contributed by atoms with Crippen LogP contribution in [0.3, 0.4) is 0 Å². The Morgan fingerprint density at radius 2 is 1.08 bits per heavy atom. The van der Waals surface area contributed by atoms with Crippen molar-refractivity contribution in [3.8, 4) is 0 Å². The molecule has 0 heterocycles. The van der Waals surface area contributed by atoms with Crippen molar-refractivity contribution in [1.82, 2.24) is 0 Å². The van der Waals surface area contributed by atoms with Gasteiger partial charge in [0.1, 0.15) is 0 Å². The molecule has 3 nitrogen and oxygen atoms in total. The Bertz CT molecular complexity index is 460. The lowest BCUT2D eigenvalue weighted by molar-refractivity contribution is -0.0254. The van der Waals surface area contributed by atoms with E-state index in [-0.39, 0.29) is 18.3 Å². The van der Waals surface area contributed by atoms with Crippen LogP contribution in [0.5, 0.6) is 0 Å². The van der Waals surface area contributed by atoms with Crippen LogP contribution in [0.1, 0.15) is 19.3 Å². The second-order valence-corrected chi connectivity index (χ2v) is 19.8. The van der Waals surface area contributed by atoms with Crippen LogP contribution >= 0.6 is 0 Å². The minimum atomic E-state index is -1.88. The first kappa shape index (κ1) is 21.8. The third-order valence-corrected chi connectivity index (χ3v) is 10.2. The summed E-state index contributed by atoms with van der Waals surface area (Å²) in [5.74, 6) is 0. The first-order valence-electron chi connectivity index (χ1n) is 8.88. The van der Waals surface area contributed by atoms with Gasteiger partial charge in [-0.15, -0.1) is 19.7 Å². The Balaban J connectivity index is 2.88. The number of rotatable bonds is 9. The van der Waals surface area contributed by atoms with E-state index in [0.29, 0.717) is 0 Å². The lowest BCUT2D eigenvalue weighted by atomic mass is 9.93. The second-order valence-electron chi connectivity index (χ2n) is 8.29. The molecule has 0 bridgehead atoms. The molecule has 0 N–H and O–H groups in total. The average molecular weight is 385 g/mol. The van der Waals surface area contributed by atoms with Crippen molar-refractivity contribution in [2.24, 2.45) is 0 Å². The van der Waals surface area contributed by atoms with Gasteiger partial charge >= 0.3 is 0 Å². The van der Waals surface area contributed by atoms with Gasteiger partial charge in [-0.2, -0.15) is 0 Å². The summed E-state index contributed by atoms with van der Waals surface area (Å²) in [5, 5.41) is 0. The van der Waals surface area contributed by atoms with Crippen molar-refractivity contribution < 1.29 is 13.3 Å². The lowest BCUT2D eigenvalue weighted by Gasteiger charge is -2.43. The Morgan fingerprint density at radius 1 is 0.667 bits per heavy atom. The highest BCUT2D eigenvalue weighted by Crippen LogP contribution is 2.32. The standard InChI is InChI=1S/C18H36O3Si3/c1-10-22(4,5)19-16-13-14-17(20-23(6,7)11-2)18(15-16)21-24(8,9)12-3/h10-12,16-18H,1-3,13-15H2,4-9H3. The normalized spacial score (nSPS) is 26.0. The van der Waals surface area contributed by atoms with Crippen LogP contribution in [0.25, 0.3) is 0 Å². The fraction of sp³-hybridized carbons (Fsp3) is 0.667. The van der Waals surface area contributed by atoms with E-state index in [2.05, 4.69) is 59.0 Å². The first-order chi connectivity index (χ1) is 10.9. The smallest absolute Gasteiger partial charge is 0.211 e. The molecule has 1 aliphatic carbocycles. The molecule has 0 radical (unpaired) electrons. The predicted octanol–water partition coefficient (Wildman–Crippen LogP) is 5.12. The summed E-state index contributed by atoms with van der Waals surface area (Å²) in [7, 11) is -5.51. The van der Waals surface area contributed by atoms with Crippen LogP contribution < -0.4 is 0 Å². The molecule has 1 rings (SSSR count). The van der Waals surface area contributed by atoms with Crippen molar-refractivity contribution in [2.75, 3.05) is 0 Å². The quantitative estimate of drug-likeness (QED) is 0.517. The van der Waals surface area contributed by atoms with Crippen molar-refractivity contribution in [3.63, 3.8) is 0 Å². The summed E-state index contributed by atoms with van der Waals surface area (Å²) in [6, 6.07) is 0. The highest BCUT2D eigenvalue weighted by Gasteiger charge is 2.39. The summed E-state index contributed by atoms with van der Waals surface area (Å²) in [6.45, 7) is 24.9. The fourth-order valence-corrected chi connectivity index (χ4v) is 6.22. The van der Waals surface area contributed by atoms with Gasteiger partial charge in [-0.05, 0) is 58.5 Å². The third kappa shape index (κ3) is 6.93. The van der Waals surface area contributed by atoms with Crippen molar-refractivity contribution in [3.05, 3.63) is 36.8 Å². The van der Waals surface area contributed by atoms with Gasteiger partial charge in [0.05, 0.1) is 12.2 Å². The molecule has 3 unspecified atom stereocenters. The van der Waals surface area contributed by atoms with Crippen LogP contribution in [0.4, 0.5) is 0 Å². The van der Waals surface area contributed by atoms with E-state index in [4.69, 9.17) is 13.3 Å². The number of hydrogen-bond donors (Lipinski definition) is 0. The highest BCUT2D eigenvalue weighted by atomic mass is 28.4. The minimum Gasteiger partial charge on any atom is -0.411 e. The van der Waals surface area contributed by atoms with Crippen LogP contribution in [0.2, 0.25) is 39.3 Å². The molecule has 0 aliphatic heterocycles. The van der Waals surface area contributed by atoms with Crippen molar-refractivity contribution in [2.45, 2.75) is 76.9 Å². The molecule has 3 atom stereocenters. The van der Waals surface area contributed by atoms with E-state index in [1.54, 1.807) is 0 Å². The Morgan fingerprint density at radius 3 is 1.54 bits per heavy atom. The molecule has 1 fully saturated rings. The molecule has 0 aromatic carbocycles. The molecule has 1 saturated carbocycles. The second kappa shape index (κ2) is 8.42. The molecule has 138 valence electrons. The number of hydrogen-bond acceptors (Lipinski definition) is 3. The summed E-state index contributed by atoms with van der Waals surface area (Å²) >= 11 is 0. The molecule has 0 saturated heterocycles. The van der Waals surface area contributed by atoms with E-state index < -0.39 is 25.0 Å². The van der Waals surface area contributed by atoms with E-state index in [1.807, 2.05) is 17.1 Å². The zero-order valence-electron chi connectivity index (χ0n) is 16.4. The Hall–Kier alpha value is -0.249. The maximum absolute atomic E-state index is 6.50. The fourth-order valence-electron chi connectivity index (χ4n) is 2.78. The molecular weight excluding hydrogens is 348 g/mol. The van der Waals surface area contributed by atoms with Crippen molar-refractivity contribution >= 4 is 25.0 Å². The van der Waals surface area contributed by atoms with E-state index in [1.165, 1.54) is 0 Å². The maximum atomic E-state index is 6.50. The first-order valence-corrected chi connectivity index (χ1v) is 17.8. The van der Waals surface area contributed by atoms with Gasteiger partial charge in [-0.3, -0.25) is 0 Å². The Kier molecular flexibility index (Phi) is 7.65. The predicted molar refractivity (Wildman–Crippen MR) is 112 cm³/mol. The van der Waals surface area contributed by atoms with Gasteiger partial charge < -0.3 is 13.3 Å². The monoisotopic (exact) mass is 384 g/mol. The van der Waals surface area contributed by atoms with Gasteiger partial charge in [0.25, 0.3) is 0 Å². The van der Waals surface area contributed by atoms with Gasteiger partial charge in [-0.1, -0.05) is 17.1 Å². The van der Waals surface area contributed by atoms with Gasteiger partial charge in [0.2, 0.25) is 25.0 Å². The molecule has 0 spiro atoms. The summed E-state index contributed by atoms with van der Waals surface area (Å²) in [5.41, 5.74) is 5.99. The van der Waals surface area contributed by atoms with Crippen LogP contribution in [0.15, 0.2) is 36.8 Å². The summed E-state index contributed by atoms with van der Waals surface area (Å²) in [4.78, 5) is 0. The molecule has 24 heavy (non-hydrogen) atoms. The van der Waals surface area contributed by atoms with Gasteiger partial charge in [0.15, 0.2) is 0 Å². The van der Waals surface area contributed by atoms with E-state index in [0.717, 1.165) is 19.3 Å². The lowest BCUT2D eigenvalue weighted by Crippen LogP contribution is -2.50. The molecule has 0 aromatic rings. The van der Waals surface area contributed by atoms with Crippen LogP contribution in [-0.4, -0.2) is 43.3 Å². The van der Waals surface area contributed by atoms with Gasteiger partial charge in [0, 0.05) is 6.10 Å². The summed E-state index contributed by atoms with van der Waals surface area (Å²) in [6.07, 6.45) is 3.32. The molecule has 6 heteroatoms. The maximum Gasteiger partial charge on any atom is 0.211 e. The van der Waals surface area contributed by atoms with Crippen LogP contribution in [0, 0.1) is 0 Å². The molecule has 0 amide bonds. The SMILES string of the molecule is C=C[Si](C)(C)OC1CCC(O[Si](C)(C)C=C)C(O[Si](C)(C)C=C)C1. The average Bonchev–Trinajstić information content (AvgIpc) is 2.49. The Labute approximate surface area is 152 Å². The van der Waals surface area contributed by atoms with E-state index >= 15 is 0 Å². The zero-order valence-corrected chi connectivity index (χ0v) is 19.4. The van der Waals surface area contributed by atoms with Gasteiger partial charge in [-0.25, -0.2) is 0 Å².